The Morgan fingerprint density at radius 3 is 1.08 bits per heavy atom. The van der Waals surface area contributed by atoms with Crippen LogP contribution >= 0.6 is 0 Å². The fraction of sp³-hybridized carbons (Fsp3) is 0.737. The number of carbonyl (C=O) groups excluding carboxylic acids is 3. The molecule has 0 rings (SSSR count). The lowest BCUT2D eigenvalue weighted by molar-refractivity contribution is -0.167. The van der Waals surface area contributed by atoms with Crippen LogP contribution in [0.2, 0.25) is 0 Å². The summed E-state index contributed by atoms with van der Waals surface area (Å²) in [4.78, 5) is 38.0. The predicted octanol–water partition coefficient (Wildman–Crippen LogP) is 17.4. The summed E-state index contributed by atoms with van der Waals surface area (Å²) in [5.41, 5.74) is 0. The Kier molecular flexibility index (Phi) is 48.9. The van der Waals surface area contributed by atoms with Gasteiger partial charge in [0, 0.05) is 19.3 Å². The minimum atomic E-state index is -0.799. The molecule has 0 N–H and O–H groups in total. The Morgan fingerprint density at radius 1 is 0.333 bits per heavy atom. The maximum Gasteiger partial charge on any atom is 0.306 e. The highest BCUT2D eigenvalue weighted by atomic mass is 16.6. The zero-order chi connectivity index (χ0) is 45.8. The highest BCUT2D eigenvalue weighted by Crippen LogP contribution is 2.15. The van der Waals surface area contributed by atoms with Crippen LogP contribution in [0.25, 0.3) is 0 Å². The van der Waals surface area contributed by atoms with Crippen molar-refractivity contribution in [3.63, 3.8) is 0 Å². The van der Waals surface area contributed by atoms with Gasteiger partial charge in [0.1, 0.15) is 13.2 Å². The second-order valence-corrected chi connectivity index (χ2v) is 17.4. The summed E-state index contributed by atoms with van der Waals surface area (Å²) in [5, 5.41) is 0. The van der Waals surface area contributed by atoms with E-state index in [0.29, 0.717) is 19.3 Å². The number of hydrogen-bond acceptors (Lipinski definition) is 6. The maximum absolute atomic E-state index is 12.8. The summed E-state index contributed by atoms with van der Waals surface area (Å²) in [6.07, 6.45) is 64.6. The van der Waals surface area contributed by atoms with Crippen molar-refractivity contribution >= 4 is 17.9 Å². The van der Waals surface area contributed by atoms with Crippen molar-refractivity contribution in [1.82, 2.24) is 0 Å². The molecule has 0 aliphatic rings. The third-order valence-corrected chi connectivity index (χ3v) is 11.2. The number of ether oxygens (including phenoxy) is 3. The van der Waals surface area contributed by atoms with Gasteiger partial charge in [-0.3, -0.25) is 14.4 Å². The van der Waals surface area contributed by atoms with E-state index >= 15 is 0 Å². The lowest BCUT2D eigenvalue weighted by Crippen LogP contribution is -2.30. The normalized spacial score (nSPS) is 12.6. The molecule has 0 saturated heterocycles. The van der Waals surface area contributed by atoms with Gasteiger partial charge in [0.05, 0.1) is 0 Å². The molecule has 0 fully saturated rings. The highest BCUT2D eigenvalue weighted by Gasteiger charge is 2.19. The standard InChI is InChI=1S/C57H98O6/c1-4-7-10-13-16-19-22-25-27-29-31-32-35-38-41-44-47-50-56(59)62-53-54(52-61-55(58)49-46-43-40-37-34-24-21-18-15-12-9-6-3)63-57(60)51-48-45-42-39-36-33-30-28-26-23-20-17-14-11-8-5-2/h7,10,16,18-19,21,25,27,31-32,38,41,54H,4-6,8-9,11-15,17,20,22-24,26,28-30,33-37,39-40,42-53H2,1-3H3/b10-7-,19-16-,21-18-,27-25-,32-31-,41-38-/t54-/m1/s1. The summed E-state index contributed by atoms with van der Waals surface area (Å²) in [7, 11) is 0. The van der Waals surface area contributed by atoms with Gasteiger partial charge in [-0.15, -0.1) is 0 Å². The number of rotatable bonds is 47. The molecule has 0 saturated carbocycles. The van der Waals surface area contributed by atoms with E-state index in [0.717, 1.165) is 83.5 Å². The summed E-state index contributed by atoms with van der Waals surface area (Å²) in [5.74, 6) is -0.960. The predicted molar refractivity (Wildman–Crippen MR) is 270 cm³/mol. The van der Waals surface area contributed by atoms with Crippen LogP contribution in [0.15, 0.2) is 72.9 Å². The summed E-state index contributed by atoms with van der Waals surface area (Å²) >= 11 is 0. The van der Waals surface area contributed by atoms with Gasteiger partial charge in [0.25, 0.3) is 0 Å². The molecule has 0 aromatic heterocycles. The van der Waals surface area contributed by atoms with Crippen LogP contribution in [-0.2, 0) is 28.6 Å². The Hall–Kier alpha value is -3.15. The van der Waals surface area contributed by atoms with Crippen molar-refractivity contribution in [2.75, 3.05) is 13.2 Å². The summed E-state index contributed by atoms with van der Waals surface area (Å²) in [6, 6.07) is 0. The van der Waals surface area contributed by atoms with E-state index in [1.54, 1.807) is 0 Å². The smallest absolute Gasteiger partial charge is 0.306 e. The van der Waals surface area contributed by atoms with Crippen LogP contribution in [-0.4, -0.2) is 37.2 Å². The Labute approximate surface area is 389 Å². The largest absolute Gasteiger partial charge is 0.462 e. The number of carbonyl (C=O) groups is 3. The third kappa shape index (κ3) is 49.7. The number of esters is 3. The van der Waals surface area contributed by atoms with Crippen molar-refractivity contribution in [3.05, 3.63) is 72.9 Å². The molecule has 6 nitrogen and oxygen atoms in total. The van der Waals surface area contributed by atoms with E-state index in [4.69, 9.17) is 14.2 Å². The number of unbranched alkanes of at least 4 members (excludes halogenated alkanes) is 24. The first-order chi connectivity index (χ1) is 31.0. The molecule has 0 amide bonds. The molecule has 0 radical (unpaired) electrons. The molecule has 63 heavy (non-hydrogen) atoms. The molecule has 1 atom stereocenters. The van der Waals surface area contributed by atoms with E-state index in [-0.39, 0.29) is 37.5 Å². The topological polar surface area (TPSA) is 78.9 Å². The van der Waals surface area contributed by atoms with Crippen molar-refractivity contribution in [1.29, 1.82) is 0 Å². The van der Waals surface area contributed by atoms with Gasteiger partial charge in [-0.2, -0.15) is 0 Å². The van der Waals surface area contributed by atoms with Crippen LogP contribution in [0.4, 0.5) is 0 Å². The van der Waals surface area contributed by atoms with Gasteiger partial charge in [-0.05, 0) is 83.5 Å². The zero-order valence-electron chi connectivity index (χ0n) is 41.3. The number of hydrogen-bond donors (Lipinski definition) is 0. The number of allylic oxidation sites excluding steroid dienone is 12. The van der Waals surface area contributed by atoms with Crippen molar-refractivity contribution in [2.45, 2.75) is 258 Å². The second kappa shape index (κ2) is 51.5. The lowest BCUT2D eigenvalue weighted by Gasteiger charge is -2.18. The zero-order valence-corrected chi connectivity index (χ0v) is 41.3. The molecule has 0 spiro atoms. The van der Waals surface area contributed by atoms with Gasteiger partial charge in [0.15, 0.2) is 6.10 Å². The van der Waals surface area contributed by atoms with E-state index in [1.165, 1.54) is 122 Å². The van der Waals surface area contributed by atoms with Crippen LogP contribution in [0.3, 0.4) is 0 Å². The molecule has 0 unspecified atom stereocenters. The first-order valence-electron chi connectivity index (χ1n) is 26.4. The lowest BCUT2D eigenvalue weighted by atomic mass is 10.0. The quantitative estimate of drug-likeness (QED) is 0.0262. The third-order valence-electron chi connectivity index (χ3n) is 11.2. The maximum atomic E-state index is 12.8. The molecule has 0 aromatic rings. The molecule has 0 aromatic carbocycles. The average molecular weight is 879 g/mol. The Balaban J connectivity index is 4.46. The average Bonchev–Trinajstić information content (AvgIpc) is 3.28. The van der Waals surface area contributed by atoms with Gasteiger partial charge < -0.3 is 14.2 Å². The summed E-state index contributed by atoms with van der Waals surface area (Å²) < 4.78 is 16.8. The molecule has 6 heteroatoms. The second-order valence-electron chi connectivity index (χ2n) is 17.4. The minimum Gasteiger partial charge on any atom is -0.462 e. The van der Waals surface area contributed by atoms with Crippen molar-refractivity contribution < 1.29 is 28.6 Å². The molecule has 0 aliphatic heterocycles. The first-order valence-corrected chi connectivity index (χ1v) is 26.4. The monoisotopic (exact) mass is 879 g/mol. The van der Waals surface area contributed by atoms with Crippen LogP contribution in [0.5, 0.6) is 0 Å². The van der Waals surface area contributed by atoms with Crippen molar-refractivity contribution in [2.24, 2.45) is 0 Å². The van der Waals surface area contributed by atoms with Gasteiger partial charge in [-0.1, -0.05) is 222 Å². The van der Waals surface area contributed by atoms with Crippen LogP contribution in [0.1, 0.15) is 252 Å². The molecular weight excluding hydrogens is 781 g/mol. The fourth-order valence-corrected chi connectivity index (χ4v) is 7.24. The van der Waals surface area contributed by atoms with E-state index in [1.807, 2.05) is 0 Å². The first kappa shape index (κ1) is 59.9. The Morgan fingerprint density at radius 2 is 0.635 bits per heavy atom. The van der Waals surface area contributed by atoms with E-state index in [9.17, 15) is 14.4 Å². The van der Waals surface area contributed by atoms with E-state index in [2.05, 4.69) is 93.7 Å². The minimum absolute atomic E-state index is 0.0958. The van der Waals surface area contributed by atoms with Gasteiger partial charge in [-0.25, -0.2) is 0 Å². The SMILES string of the molecule is CC/C=C\C/C=C\C/C=C\C/C=C\C/C=C\CCCC(=O)OC[C@@H](COC(=O)CCCCCCC/C=C\CCCCC)OC(=O)CCCCCCCCCCCCCCCCCC. The molecule has 0 heterocycles. The van der Waals surface area contributed by atoms with E-state index < -0.39 is 6.10 Å². The molecule has 0 aliphatic carbocycles. The summed E-state index contributed by atoms with van der Waals surface area (Å²) in [6.45, 7) is 6.45. The van der Waals surface area contributed by atoms with Gasteiger partial charge >= 0.3 is 17.9 Å². The fourth-order valence-electron chi connectivity index (χ4n) is 7.24. The molecule has 0 bridgehead atoms. The Bertz CT molecular complexity index is 1190. The van der Waals surface area contributed by atoms with Crippen LogP contribution < -0.4 is 0 Å². The molecule has 362 valence electrons. The van der Waals surface area contributed by atoms with Gasteiger partial charge in [0.2, 0.25) is 0 Å². The van der Waals surface area contributed by atoms with Crippen LogP contribution in [0, 0.1) is 0 Å². The molecular formula is C57H98O6. The highest BCUT2D eigenvalue weighted by molar-refractivity contribution is 5.71. The van der Waals surface area contributed by atoms with Crippen molar-refractivity contribution in [3.8, 4) is 0 Å².